The van der Waals surface area contributed by atoms with E-state index in [4.69, 9.17) is 11.6 Å². The summed E-state index contributed by atoms with van der Waals surface area (Å²) >= 11 is 6.28. The molecule has 3 nitrogen and oxygen atoms in total. The maximum atomic E-state index is 13.5. The molecule has 0 atom stereocenters. The third-order valence-electron chi connectivity index (χ3n) is 4.45. The molecule has 0 unspecified atom stereocenters. The molecule has 0 saturated carbocycles. The number of nitriles is 1. The highest BCUT2D eigenvalue weighted by molar-refractivity contribution is 6.33. The predicted molar refractivity (Wildman–Crippen MR) is 98.2 cm³/mol. The van der Waals surface area contributed by atoms with Crippen LogP contribution in [-0.4, -0.2) is 5.91 Å². The average molecular weight is 363 g/mol. The molecule has 0 bridgehead atoms. The Morgan fingerprint density at radius 1 is 1.00 bits per heavy atom. The van der Waals surface area contributed by atoms with Crippen molar-refractivity contribution in [2.45, 2.75) is 6.54 Å². The molecule has 4 rings (SSSR count). The number of amides is 1. The Labute approximate surface area is 154 Å². The monoisotopic (exact) mass is 362 g/mol. The van der Waals surface area contributed by atoms with Gasteiger partial charge in [0.15, 0.2) is 0 Å². The van der Waals surface area contributed by atoms with Crippen molar-refractivity contribution in [2.75, 3.05) is 0 Å². The quantitative estimate of drug-likeness (QED) is 0.702. The molecule has 0 radical (unpaired) electrons. The molecule has 1 aliphatic rings. The predicted octanol–water partition coefficient (Wildman–Crippen LogP) is 4.93. The number of hydrogen-bond acceptors (Lipinski definition) is 2. The van der Waals surface area contributed by atoms with Gasteiger partial charge in [-0.05, 0) is 64.7 Å². The SMILES string of the molecule is N#Cc1cccc(-c2cc3c(cc2-c2ccc(F)cc2Cl)C(=O)NC3)c1. The van der Waals surface area contributed by atoms with Gasteiger partial charge in [0.25, 0.3) is 5.91 Å². The number of nitrogens with one attached hydrogen (secondary N) is 1. The largest absolute Gasteiger partial charge is 0.348 e. The molecule has 1 amide bonds. The number of hydrogen-bond donors (Lipinski definition) is 1. The number of nitrogens with zero attached hydrogens (tertiary/aromatic N) is 1. The van der Waals surface area contributed by atoms with Gasteiger partial charge in [-0.3, -0.25) is 4.79 Å². The van der Waals surface area contributed by atoms with Crippen molar-refractivity contribution < 1.29 is 9.18 Å². The fraction of sp³-hybridized carbons (Fsp3) is 0.0476. The van der Waals surface area contributed by atoms with E-state index < -0.39 is 5.82 Å². The molecule has 0 aromatic heterocycles. The first-order chi connectivity index (χ1) is 12.6. The van der Waals surface area contributed by atoms with Gasteiger partial charge in [0, 0.05) is 17.7 Å². The number of benzene rings is 3. The highest BCUT2D eigenvalue weighted by Gasteiger charge is 2.23. The van der Waals surface area contributed by atoms with Crippen LogP contribution >= 0.6 is 11.6 Å². The van der Waals surface area contributed by atoms with Crippen molar-refractivity contribution >= 4 is 17.5 Å². The maximum Gasteiger partial charge on any atom is 0.251 e. The molecule has 0 fully saturated rings. The van der Waals surface area contributed by atoms with Gasteiger partial charge in [-0.2, -0.15) is 5.26 Å². The number of carbonyl (C=O) groups excluding carboxylic acids is 1. The Morgan fingerprint density at radius 3 is 2.62 bits per heavy atom. The maximum absolute atomic E-state index is 13.5. The summed E-state index contributed by atoms with van der Waals surface area (Å²) in [4.78, 5) is 12.1. The second kappa shape index (κ2) is 6.29. The van der Waals surface area contributed by atoms with Crippen LogP contribution in [0.5, 0.6) is 0 Å². The Hall–Kier alpha value is -3.16. The summed E-state index contributed by atoms with van der Waals surface area (Å²) < 4.78 is 13.5. The van der Waals surface area contributed by atoms with Crippen molar-refractivity contribution in [1.82, 2.24) is 5.32 Å². The Balaban J connectivity index is 2.01. The van der Waals surface area contributed by atoms with Gasteiger partial charge in [-0.1, -0.05) is 23.7 Å². The second-order valence-corrected chi connectivity index (χ2v) is 6.46. The lowest BCUT2D eigenvalue weighted by atomic mass is 9.90. The van der Waals surface area contributed by atoms with Gasteiger partial charge < -0.3 is 5.32 Å². The number of fused-ring (bicyclic) bond motifs is 1. The van der Waals surface area contributed by atoms with E-state index in [1.54, 1.807) is 30.3 Å². The zero-order chi connectivity index (χ0) is 18.3. The van der Waals surface area contributed by atoms with E-state index in [0.717, 1.165) is 22.3 Å². The van der Waals surface area contributed by atoms with E-state index in [9.17, 15) is 14.4 Å². The van der Waals surface area contributed by atoms with Crippen molar-refractivity contribution in [3.8, 4) is 28.3 Å². The van der Waals surface area contributed by atoms with Crippen LogP contribution in [0.3, 0.4) is 0 Å². The van der Waals surface area contributed by atoms with Gasteiger partial charge in [0.05, 0.1) is 16.7 Å². The van der Waals surface area contributed by atoms with Crippen LogP contribution in [0.4, 0.5) is 4.39 Å². The first kappa shape index (κ1) is 16.3. The molecule has 5 heteroatoms. The third kappa shape index (κ3) is 2.73. The van der Waals surface area contributed by atoms with Crippen molar-refractivity contribution in [3.63, 3.8) is 0 Å². The minimum atomic E-state index is -0.425. The fourth-order valence-electron chi connectivity index (χ4n) is 3.20. The van der Waals surface area contributed by atoms with Crippen LogP contribution in [0.1, 0.15) is 21.5 Å². The molecule has 0 spiro atoms. The summed E-state index contributed by atoms with van der Waals surface area (Å²) in [6, 6.07) is 17.2. The van der Waals surface area contributed by atoms with E-state index in [2.05, 4.69) is 11.4 Å². The van der Waals surface area contributed by atoms with Gasteiger partial charge in [0.2, 0.25) is 0 Å². The molecule has 0 aliphatic carbocycles. The normalized spacial score (nSPS) is 12.4. The topological polar surface area (TPSA) is 52.9 Å². The second-order valence-electron chi connectivity index (χ2n) is 6.05. The number of halogens is 2. The fourth-order valence-corrected chi connectivity index (χ4v) is 3.47. The minimum absolute atomic E-state index is 0.142. The summed E-state index contributed by atoms with van der Waals surface area (Å²) in [5.74, 6) is -0.567. The van der Waals surface area contributed by atoms with E-state index in [1.165, 1.54) is 12.1 Å². The average Bonchev–Trinajstić information content (AvgIpc) is 3.01. The van der Waals surface area contributed by atoms with Gasteiger partial charge in [-0.25, -0.2) is 4.39 Å². The smallest absolute Gasteiger partial charge is 0.251 e. The Morgan fingerprint density at radius 2 is 1.85 bits per heavy atom. The number of rotatable bonds is 2. The van der Waals surface area contributed by atoms with Crippen molar-refractivity contribution in [3.05, 3.63) is 82.1 Å². The standard InChI is InChI=1S/C21H12ClFN2O/c22-20-8-15(23)4-5-16(20)19-9-18-14(11-25-21(18)26)7-17(19)13-3-1-2-12(6-13)10-24/h1-9H,11H2,(H,25,26). The number of carbonyl (C=O) groups is 1. The van der Waals surface area contributed by atoms with Gasteiger partial charge in [0.1, 0.15) is 5.82 Å². The lowest BCUT2D eigenvalue weighted by Crippen LogP contribution is -2.12. The highest BCUT2D eigenvalue weighted by atomic mass is 35.5. The summed E-state index contributed by atoms with van der Waals surface area (Å²) in [5.41, 5.74) is 5.03. The molecule has 126 valence electrons. The Kier molecular flexibility index (Phi) is 3.95. The lowest BCUT2D eigenvalue weighted by Gasteiger charge is -2.14. The molecule has 1 heterocycles. The van der Waals surface area contributed by atoms with Crippen LogP contribution in [0.15, 0.2) is 54.6 Å². The van der Waals surface area contributed by atoms with E-state index in [0.29, 0.717) is 23.2 Å². The minimum Gasteiger partial charge on any atom is -0.348 e. The molecule has 1 N–H and O–H groups in total. The zero-order valence-electron chi connectivity index (χ0n) is 13.5. The van der Waals surface area contributed by atoms with E-state index in [1.807, 2.05) is 12.1 Å². The summed E-state index contributed by atoms with van der Waals surface area (Å²) in [6.45, 7) is 0.455. The molecule has 3 aromatic carbocycles. The van der Waals surface area contributed by atoms with E-state index in [-0.39, 0.29) is 10.9 Å². The van der Waals surface area contributed by atoms with Crippen molar-refractivity contribution in [2.24, 2.45) is 0 Å². The van der Waals surface area contributed by atoms with Gasteiger partial charge >= 0.3 is 0 Å². The van der Waals surface area contributed by atoms with Crippen LogP contribution in [0, 0.1) is 17.1 Å². The summed E-state index contributed by atoms with van der Waals surface area (Å²) in [6.07, 6.45) is 0. The molecular weight excluding hydrogens is 351 g/mol. The summed E-state index contributed by atoms with van der Waals surface area (Å²) in [7, 11) is 0. The first-order valence-electron chi connectivity index (χ1n) is 7.98. The third-order valence-corrected chi connectivity index (χ3v) is 4.76. The van der Waals surface area contributed by atoms with Crippen LogP contribution in [0.2, 0.25) is 5.02 Å². The Bertz CT molecular complexity index is 1100. The lowest BCUT2D eigenvalue weighted by molar-refractivity contribution is 0.0966. The highest BCUT2D eigenvalue weighted by Crippen LogP contribution is 2.39. The molecule has 0 saturated heterocycles. The summed E-state index contributed by atoms with van der Waals surface area (Å²) in [5, 5.41) is 12.3. The van der Waals surface area contributed by atoms with E-state index >= 15 is 0 Å². The molecule has 3 aromatic rings. The zero-order valence-corrected chi connectivity index (χ0v) is 14.3. The molecule has 26 heavy (non-hydrogen) atoms. The van der Waals surface area contributed by atoms with Crippen LogP contribution < -0.4 is 5.32 Å². The van der Waals surface area contributed by atoms with Crippen molar-refractivity contribution in [1.29, 1.82) is 5.26 Å². The van der Waals surface area contributed by atoms with Crippen LogP contribution in [-0.2, 0) is 6.54 Å². The molecular formula is C21H12ClFN2O. The van der Waals surface area contributed by atoms with Gasteiger partial charge in [-0.15, -0.1) is 0 Å². The van der Waals surface area contributed by atoms with Crippen LogP contribution in [0.25, 0.3) is 22.3 Å². The first-order valence-corrected chi connectivity index (χ1v) is 8.35. The molecule has 1 aliphatic heterocycles.